The van der Waals surface area contributed by atoms with Crippen LogP contribution in [0.1, 0.15) is 59.7 Å². The molecule has 0 radical (unpaired) electrons. The summed E-state index contributed by atoms with van der Waals surface area (Å²) in [5.74, 6) is -3.26. The minimum absolute atomic E-state index is 0.000176. The van der Waals surface area contributed by atoms with E-state index in [2.05, 4.69) is 5.32 Å². The monoisotopic (exact) mass is 753 g/mol. The van der Waals surface area contributed by atoms with E-state index in [1.54, 1.807) is 42.2 Å². The topological polar surface area (TPSA) is 113 Å². The summed E-state index contributed by atoms with van der Waals surface area (Å²) in [6, 6.07) is 12.1. The van der Waals surface area contributed by atoms with Gasteiger partial charge in [-0.2, -0.15) is 26.3 Å². The van der Waals surface area contributed by atoms with E-state index < -0.39 is 64.9 Å². The average Bonchev–Trinajstić information content (AvgIpc) is 3.57. The Morgan fingerprint density at radius 2 is 1.66 bits per heavy atom. The molecule has 53 heavy (non-hydrogen) atoms. The van der Waals surface area contributed by atoms with Gasteiger partial charge in [0.25, 0.3) is 5.56 Å². The van der Waals surface area contributed by atoms with Crippen molar-refractivity contribution >= 4 is 11.7 Å². The zero-order valence-electron chi connectivity index (χ0n) is 28.8. The predicted molar refractivity (Wildman–Crippen MR) is 180 cm³/mol. The van der Waals surface area contributed by atoms with Crippen LogP contribution >= 0.6 is 0 Å². The summed E-state index contributed by atoms with van der Waals surface area (Å²) in [4.78, 5) is 43.2. The SMILES string of the molecule is Cc1c(N2CCN(Cc3ccc(C(F)(F)F)o3)[C@@H](C)C2)c(=O)n(C[C@H](NCCCC(=O)O)c2ccccc2)c(=O)n1Cc1c(F)cccc1C(F)(F)F. The second kappa shape index (κ2) is 16.0. The highest BCUT2D eigenvalue weighted by atomic mass is 19.4. The maximum Gasteiger partial charge on any atom is 0.449 e. The lowest BCUT2D eigenvalue weighted by Gasteiger charge is -2.41. The van der Waals surface area contributed by atoms with Gasteiger partial charge in [-0.3, -0.25) is 23.6 Å². The van der Waals surface area contributed by atoms with E-state index in [0.717, 1.165) is 27.3 Å². The quantitative estimate of drug-likeness (QED) is 0.126. The number of piperazine rings is 1. The fourth-order valence-corrected chi connectivity index (χ4v) is 6.56. The second-order valence-electron chi connectivity index (χ2n) is 12.9. The summed E-state index contributed by atoms with van der Waals surface area (Å²) >= 11 is 0. The smallest absolute Gasteiger partial charge is 0.449 e. The highest BCUT2D eigenvalue weighted by molar-refractivity contribution is 5.66. The number of carboxylic acids is 1. The molecule has 0 saturated carbocycles. The Morgan fingerprint density at radius 1 is 0.943 bits per heavy atom. The van der Waals surface area contributed by atoms with Gasteiger partial charge in [-0.15, -0.1) is 0 Å². The molecule has 2 atom stereocenters. The summed E-state index contributed by atoms with van der Waals surface area (Å²) < 4.78 is 104. The molecule has 2 aromatic carbocycles. The lowest BCUT2D eigenvalue weighted by atomic mass is 10.1. The summed E-state index contributed by atoms with van der Waals surface area (Å²) in [7, 11) is 0. The van der Waals surface area contributed by atoms with Crippen LogP contribution in [-0.4, -0.2) is 57.3 Å². The van der Waals surface area contributed by atoms with Gasteiger partial charge in [0.05, 0.1) is 31.2 Å². The Kier molecular flexibility index (Phi) is 11.9. The summed E-state index contributed by atoms with van der Waals surface area (Å²) in [5, 5.41) is 12.3. The van der Waals surface area contributed by atoms with E-state index in [9.17, 15) is 40.7 Å². The number of rotatable bonds is 13. The molecule has 4 aromatic rings. The van der Waals surface area contributed by atoms with Gasteiger partial charge < -0.3 is 19.7 Å². The maximum absolute atomic E-state index is 15.1. The summed E-state index contributed by atoms with van der Waals surface area (Å²) in [6.45, 7) is 2.78. The summed E-state index contributed by atoms with van der Waals surface area (Å²) in [6.07, 6.45) is -9.53. The third-order valence-corrected chi connectivity index (χ3v) is 9.30. The number of carbonyl (C=O) groups is 1. The molecule has 3 heterocycles. The number of furan rings is 1. The van der Waals surface area contributed by atoms with Gasteiger partial charge in [0.2, 0.25) is 5.76 Å². The van der Waals surface area contributed by atoms with Crippen LogP contribution in [0.2, 0.25) is 0 Å². The number of hydrogen-bond acceptors (Lipinski definition) is 7. The first-order valence-electron chi connectivity index (χ1n) is 16.8. The number of aromatic nitrogens is 2. The first-order valence-corrected chi connectivity index (χ1v) is 16.8. The van der Waals surface area contributed by atoms with E-state index in [1.807, 2.05) is 4.90 Å². The predicted octanol–water partition coefficient (Wildman–Crippen LogP) is 6.04. The second-order valence-corrected chi connectivity index (χ2v) is 12.9. The average molecular weight is 754 g/mol. The number of anilines is 1. The number of alkyl halides is 6. The molecule has 1 aliphatic rings. The van der Waals surface area contributed by atoms with Crippen molar-refractivity contribution in [1.82, 2.24) is 19.4 Å². The molecular formula is C36H38F7N5O5. The number of halogens is 7. The van der Waals surface area contributed by atoms with Crippen LogP contribution in [0.3, 0.4) is 0 Å². The van der Waals surface area contributed by atoms with Crippen molar-refractivity contribution in [3.05, 3.63) is 121 Å². The van der Waals surface area contributed by atoms with Gasteiger partial charge in [-0.05, 0) is 56.6 Å². The van der Waals surface area contributed by atoms with Crippen molar-refractivity contribution in [3.63, 3.8) is 0 Å². The van der Waals surface area contributed by atoms with Crippen LogP contribution in [0.5, 0.6) is 0 Å². The van der Waals surface area contributed by atoms with Crippen LogP contribution in [0.15, 0.2) is 74.7 Å². The molecule has 0 spiro atoms. The molecule has 0 amide bonds. The van der Waals surface area contributed by atoms with Crippen molar-refractivity contribution in [2.45, 2.75) is 70.8 Å². The highest BCUT2D eigenvalue weighted by Crippen LogP contribution is 2.34. The number of hydrogen-bond donors (Lipinski definition) is 2. The van der Waals surface area contributed by atoms with Gasteiger partial charge >= 0.3 is 24.0 Å². The van der Waals surface area contributed by atoms with Crippen molar-refractivity contribution in [1.29, 1.82) is 0 Å². The van der Waals surface area contributed by atoms with Crippen LogP contribution in [-0.2, 0) is 36.8 Å². The molecule has 5 rings (SSSR count). The third kappa shape index (κ3) is 9.19. The van der Waals surface area contributed by atoms with E-state index in [-0.39, 0.29) is 75.3 Å². The fourth-order valence-electron chi connectivity index (χ4n) is 6.56. The van der Waals surface area contributed by atoms with E-state index in [1.165, 1.54) is 13.0 Å². The lowest BCUT2D eigenvalue weighted by Crippen LogP contribution is -2.54. The summed E-state index contributed by atoms with van der Waals surface area (Å²) in [5.41, 5.74) is -3.16. The van der Waals surface area contributed by atoms with E-state index in [4.69, 9.17) is 9.52 Å². The number of aliphatic carboxylic acids is 1. The molecule has 2 N–H and O–H groups in total. The minimum atomic E-state index is -4.95. The van der Waals surface area contributed by atoms with Crippen molar-refractivity contribution in [2.75, 3.05) is 31.1 Å². The molecular weight excluding hydrogens is 715 g/mol. The Bertz CT molecular complexity index is 2020. The molecule has 17 heteroatoms. The number of carboxylic acid groups (broad SMARTS) is 1. The first-order chi connectivity index (χ1) is 25.0. The molecule has 1 aliphatic heterocycles. The fraction of sp³-hybridized carbons (Fsp3) is 0.417. The van der Waals surface area contributed by atoms with Gasteiger partial charge in [0.1, 0.15) is 17.3 Å². The molecule has 0 bridgehead atoms. The third-order valence-electron chi connectivity index (χ3n) is 9.30. The van der Waals surface area contributed by atoms with Crippen molar-refractivity contribution < 1.29 is 45.1 Å². The normalized spacial score (nSPS) is 16.2. The van der Waals surface area contributed by atoms with E-state index in [0.29, 0.717) is 11.6 Å². The number of benzene rings is 2. The lowest BCUT2D eigenvalue weighted by molar-refractivity contribution is -0.153. The zero-order valence-corrected chi connectivity index (χ0v) is 28.8. The molecule has 2 aromatic heterocycles. The first kappa shape index (κ1) is 39.3. The molecule has 1 saturated heterocycles. The Morgan fingerprint density at radius 3 is 2.28 bits per heavy atom. The molecule has 0 aliphatic carbocycles. The highest BCUT2D eigenvalue weighted by Gasteiger charge is 2.37. The van der Waals surface area contributed by atoms with Crippen molar-refractivity contribution in [3.8, 4) is 0 Å². The molecule has 286 valence electrons. The Balaban J connectivity index is 1.55. The Labute approximate surface area is 299 Å². The van der Waals surface area contributed by atoms with Crippen LogP contribution in [0, 0.1) is 12.7 Å². The van der Waals surface area contributed by atoms with Gasteiger partial charge in [0, 0.05) is 43.4 Å². The van der Waals surface area contributed by atoms with Gasteiger partial charge in [-0.25, -0.2) is 9.18 Å². The number of nitrogens with zero attached hydrogens (tertiary/aromatic N) is 4. The van der Waals surface area contributed by atoms with E-state index >= 15 is 4.39 Å². The molecule has 10 nitrogen and oxygen atoms in total. The van der Waals surface area contributed by atoms with Crippen LogP contribution < -0.4 is 21.5 Å². The zero-order chi connectivity index (χ0) is 38.7. The molecule has 0 unspecified atom stereocenters. The van der Waals surface area contributed by atoms with Gasteiger partial charge in [0.15, 0.2) is 0 Å². The standard InChI is InChI=1S/C36H38F7N5O5/c1-22-18-46(17-16-45(22)19-25-13-14-30(53-25)36(41,42)43)32-23(2)47(20-26-27(35(38,39)40)10-6-11-28(26)37)34(52)48(33(32)51)21-29(24-8-4-3-5-9-24)44-15-7-12-31(49)50/h3-6,8-11,13-14,22,29,44H,7,12,15-21H2,1-2H3,(H,49,50)/t22-,29-/m0/s1. The minimum Gasteiger partial charge on any atom is -0.481 e. The van der Waals surface area contributed by atoms with Gasteiger partial charge in [-0.1, -0.05) is 36.4 Å². The Hall–Kier alpha value is -4.90. The van der Waals surface area contributed by atoms with Crippen LogP contribution in [0.4, 0.5) is 36.4 Å². The van der Waals surface area contributed by atoms with Crippen LogP contribution in [0.25, 0.3) is 0 Å². The largest absolute Gasteiger partial charge is 0.481 e. The maximum atomic E-state index is 15.1. The number of nitrogens with one attached hydrogen (secondary N) is 1. The molecule has 1 fully saturated rings. The van der Waals surface area contributed by atoms with Crippen molar-refractivity contribution in [2.24, 2.45) is 0 Å².